The van der Waals surface area contributed by atoms with Crippen LogP contribution in [0, 0.1) is 0 Å². The topological polar surface area (TPSA) is 34.4 Å². The van der Waals surface area contributed by atoms with Crippen molar-refractivity contribution in [3.8, 4) is 0 Å². The van der Waals surface area contributed by atoms with Crippen LogP contribution in [0.3, 0.4) is 0 Å². The first-order valence-electron chi connectivity index (χ1n) is 7.50. The monoisotopic (exact) mass is 388 g/mol. The second-order valence-corrected chi connectivity index (χ2v) is 7.00. The molecule has 0 spiro atoms. The average Bonchev–Trinajstić information content (AvgIpc) is 2.93. The van der Waals surface area contributed by atoms with Gasteiger partial charge in [0.05, 0.1) is 15.2 Å². The number of carbonyl (C=O) groups excluding carboxylic acids is 1. The fourth-order valence-corrected chi connectivity index (χ4v) is 3.98. The van der Waals surface area contributed by atoms with Gasteiger partial charge in [0.25, 0.3) is 5.91 Å². The summed E-state index contributed by atoms with van der Waals surface area (Å²) in [6.45, 7) is 4.28. The summed E-state index contributed by atoms with van der Waals surface area (Å²) in [5.41, 5.74) is 1.63. The summed E-state index contributed by atoms with van der Waals surface area (Å²) in [5.74, 6) is -0.361. The van der Waals surface area contributed by atoms with Crippen LogP contribution < -0.4 is 4.80 Å². The van der Waals surface area contributed by atoms with E-state index in [1.165, 1.54) is 17.4 Å². The van der Waals surface area contributed by atoms with Crippen molar-refractivity contribution in [2.75, 3.05) is 0 Å². The fraction of sp³-hybridized carbons (Fsp3) is 0.0526. The summed E-state index contributed by atoms with van der Waals surface area (Å²) in [6, 6.07) is 13.0. The maximum absolute atomic E-state index is 12.3. The van der Waals surface area contributed by atoms with Crippen molar-refractivity contribution in [1.82, 2.24) is 4.57 Å². The Hall–Kier alpha value is -2.14. The number of hydrogen-bond acceptors (Lipinski definition) is 2. The third-order valence-corrected chi connectivity index (χ3v) is 5.17. The molecule has 6 heteroatoms. The summed E-state index contributed by atoms with van der Waals surface area (Å²) < 4.78 is 2.85. The quantitative estimate of drug-likeness (QED) is 0.438. The zero-order valence-corrected chi connectivity index (χ0v) is 15.5. The molecule has 0 unspecified atom stereocenters. The molecular formula is C19H14Cl2N2OS. The van der Waals surface area contributed by atoms with E-state index < -0.39 is 0 Å². The van der Waals surface area contributed by atoms with Gasteiger partial charge in [-0.15, -0.1) is 6.58 Å². The van der Waals surface area contributed by atoms with E-state index >= 15 is 0 Å². The van der Waals surface area contributed by atoms with Crippen molar-refractivity contribution in [3.63, 3.8) is 0 Å². The van der Waals surface area contributed by atoms with Gasteiger partial charge in [0.15, 0.2) is 4.80 Å². The molecule has 0 saturated heterocycles. The highest BCUT2D eigenvalue weighted by Gasteiger charge is 2.09. The molecule has 25 heavy (non-hydrogen) atoms. The van der Waals surface area contributed by atoms with E-state index in [1.54, 1.807) is 18.2 Å². The second kappa shape index (κ2) is 7.83. The number of rotatable bonds is 4. The number of benzene rings is 2. The zero-order valence-electron chi connectivity index (χ0n) is 13.2. The van der Waals surface area contributed by atoms with Crippen molar-refractivity contribution in [3.05, 3.63) is 81.6 Å². The second-order valence-electron chi connectivity index (χ2n) is 5.18. The van der Waals surface area contributed by atoms with E-state index in [0.29, 0.717) is 21.4 Å². The van der Waals surface area contributed by atoms with Gasteiger partial charge in [0, 0.05) is 17.6 Å². The first-order chi connectivity index (χ1) is 12.1. The molecule has 0 fully saturated rings. The van der Waals surface area contributed by atoms with E-state index in [9.17, 15) is 4.79 Å². The number of halogens is 2. The van der Waals surface area contributed by atoms with E-state index in [2.05, 4.69) is 11.6 Å². The minimum absolute atomic E-state index is 0.361. The van der Waals surface area contributed by atoms with Crippen molar-refractivity contribution < 1.29 is 4.79 Å². The van der Waals surface area contributed by atoms with E-state index in [4.69, 9.17) is 23.2 Å². The third kappa shape index (κ3) is 3.93. The number of allylic oxidation sites excluding steroid dienone is 1. The van der Waals surface area contributed by atoms with Gasteiger partial charge in [-0.2, -0.15) is 4.99 Å². The highest BCUT2D eigenvalue weighted by atomic mass is 35.5. The minimum Gasteiger partial charge on any atom is -0.311 e. The van der Waals surface area contributed by atoms with Crippen LogP contribution in [0.2, 0.25) is 10.0 Å². The molecule has 0 radical (unpaired) electrons. The van der Waals surface area contributed by atoms with Crippen LogP contribution in [-0.4, -0.2) is 10.5 Å². The first kappa shape index (κ1) is 17.7. The van der Waals surface area contributed by atoms with Gasteiger partial charge in [-0.05, 0) is 29.8 Å². The molecule has 1 aromatic heterocycles. The third-order valence-electron chi connectivity index (χ3n) is 3.48. The van der Waals surface area contributed by atoms with E-state index in [-0.39, 0.29) is 5.91 Å². The van der Waals surface area contributed by atoms with Gasteiger partial charge in [-0.25, -0.2) is 0 Å². The molecule has 0 saturated carbocycles. The van der Waals surface area contributed by atoms with Crippen LogP contribution >= 0.6 is 34.5 Å². The molecule has 0 atom stereocenters. The van der Waals surface area contributed by atoms with Gasteiger partial charge in [-0.1, -0.05) is 64.9 Å². The Morgan fingerprint density at radius 3 is 2.68 bits per heavy atom. The van der Waals surface area contributed by atoms with Gasteiger partial charge in [-0.3, -0.25) is 4.79 Å². The van der Waals surface area contributed by atoms with Crippen LogP contribution in [0.4, 0.5) is 0 Å². The van der Waals surface area contributed by atoms with Crippen LogP contribution in [0.15, 0.2) is 66.2 Å². The highest BCUT2D eigenvalue weighted by molar-refractivity contribution is 7.16. The molecule has 1 amide bonds. The number of aromatic nitrogens is 1. The summed E-state index contributed by atoms with van der Waals surface area (Å²) in [5, 5.41) is 1.21. The molecule has 126 valence electrons. The van der Waals surface area contributed by atoms with Crippen molar-refractivity contribution in [1.29, 1.82) is 0 Å². The summed E-state index contributed by atoms with van der Waals surface area (Å²) in [6.07, 6.45) is 4.82. The number of amides is 1. The number of para-hydroxylation sites is 1. The molecule has 0 aliphatic carbocycles. The molecule has 0 bridgehead atoms. The lowest BCUT2D eigenvalue weighted by Crippen LogP contribution is -2.15. The molecule has 3 nitrogen and oxygen atoms in total. The van der Waals surface area contributed by atoms with Gasteiger partial charge in [0.2, 0.25) is 0 Å². The number of carbonyl (C=O) groups is 1. The zero-order chi connectivity index (χ0) is 17.8. The molecule has 3 aromatic rings. The lowest BCUT2D eigenvalue weighted by atomic mass is 10.2. The maximum Gasteiger partial charge on any atom is 0.272 e. The number of nitrogens with zero attached hydrogens (tertiary/aromatic N) is 2. The Labute approximate surface area is 159 Å². The molecule has 0 N–H and O–H groups in total. The van der Waals surface area contributed by atoms with E-state index in [1.807, 2.05) is 41.0 Å². The molecule has 2 aromatic carbocycles. The smallest absolute Gasteiger partial charge is 0.272 e. The number of thiazole rings is 1. The van der Waals surface area contributed by atoms with Crippen molar-refractivity contribution >= 4 is 56.7 Å². The van der Waals surface area contributed by atoms with Crippen LogP contribution in [-0.2, 0) is 11.3 Å². The predicted octanol–water partition coefficient (Wildman–Crippen LogP) is 5.34. The summed E-state index contributed by atoms with van der Waals surface area (Å²) in [4.78, 5) is 17.0. The lowest BCUT2D eigenvalue weighted by molar-refractivity contribution is -0.113. The van der Waals surface area contributed by atoms with Gasteiger partial charge < -0.3 is 4.57 Å². The summed E-state index contributed by atoms with van der Waals surface area (Å²) in [7, 11) is 0. The average molecular weight is 389 g/mol. The van der Waals surface area contributed by atoms with Crippen LogP contribution in [0.25, 0.3) is 16.3 Å². The van der Waals surface area contributed by atoms with E-state index in [0.717, 1.165) is 15.8 Å². The Balaban J connectivity index is 2.02. The molecule has 0 aliphatic rings. The standard InChI is InChI=1S/C19H14Cl2N2OS/c1-2-12-23-18-15(21)8-5-9-16(18)25-19(23)22-17(24)11-10-13-6-3-4-7-14(13)20/h2-11H,1,12H2/b11-10+,22-19?. The first-order valence-corrected chi connectivity index (χ1v) is 9.07. The van der Waals surface area contributed by atoms with Crippen LogP contribution in [0.5, 0.6) is 0 Å². The molecule has 3 rings (SSSR count). The van der Waals surface area contributed by atoms with Gasteiger partial charge >= 0.3 is 0 Å². The normalized spacial score (nSPS) is 12.2. The Bertz CT molecular complexity index is 1050. The molecule has 0 aliphatic heterocycles. The van der Waals surface area contributed by atoms with Crippen molar-refractivity contribution in [2.45, 2.75) is 6.54 Å². The molecule has 1 heterocycles. The minimum atomic E-state index is -0.361. The fourth-order valence-electron chi connectivity index (χ4n) is 2.37. The molecular weight excluding hydrogens is 375 g/mol. The maximum atomic E-state index is 12.3. The Morgan fingerprint density at radius 1 is 1.16 bits per heavy atom. The predicted molar refractivity (Wildman–Crippen MR) is 106 cm³/mol. The van der Waals surface area contributed by atoms with Gasteiger partial charge in [0.1, 0.15) is 0 Å². The lowest BCUT2D eigenvalue weighted by Gasteiger charge is -2.02. The SMILES string of the molecule is C=CCn1c(=NC(=O)/C=C/c2ccccc2Cl)sc2cccc(Cl)c21. The number of fused-ring (bicyclic) bond motifs is 1. The number of hydrogen-bond donors (Lipinski definition) is 0. The summed E-state index contributed by atoms with van der Waals surface area (Å²) >= 11 is 13.8. The Kier molecular flexibility index (Phi) is 5.53. The van der Waals surface area contributed by atoms with Crippen molar-refractivity contribution in [2.24, 2.45) is 4.99 Å². The highest BCUT2D eigenvalue weighted by Crippen LogP contribution is 2.25. The van der Waals surface area contributed by atoms with Crippen LogP contribution in [0.1, 0.15) is 5.56 Å². The Morgan fingerprint density at radius 2 is 1.92 bits per heavy atom. The largest absolute Gasteiger partial charge is 0.311 e.